The average Bonchev–Trinajstić information content (AvgIpc) is 2.84. The fraction of sp³-hybridized carbons (Fsp3) is 0.250. The summed E-state index contributed by atoms with van der Waals surface area (Å²) in [5, 5.41) is 4.07. The molecular weight excluding hydrogens is 268 g/mol. The summed E-state index contributed by atoms with van der Waals surface area (Å²) in [6, 6.07) is 5.52. The van der Waals surface area contributed by atoms with Gasteiger partial charge in [-0.2, -0.15) is 5.10 Å². The molecule has 0 saturated carbocycles. The number of ketones is 1. The fourth-order valence-electron chi connectivity index (χ4n) is 2.04. The number of hydrogen-bond acceptors (Lipinski definition) is 4. The third-order valence-electron chi connectivity index (χ3n) is 3.35. The minimum Gasteiger partial charge on any atom is -0.493 e. The first-order valence-corrected chi connectivity index (χ1v) is 6.50. The molecule has 1 heterocycles. The first-order chi connectivity index (χ1) is 10.1. The Hall–Kier alpha value is -2.56. The van der Waals surface area contributed by atoms with Crippen molar-refractivity contribution < 1.29 is 14.3 Å². The van der Waals surface area contributed by atoms with E-state index in [1.54, 1.807) is 38.2 Å². The number of hydrogen-bond donors (Lipinski definition) is 0. The van der Waals surface area contributed by atoms with E-state index in [0.29, 0.717) is 17.1 Å². The van der Waals surface area contributed by atoms with E-state index in [2.05, 4.69) is 5.10 Å². The lowest BCUT2D eigenvalue weighted by atomic mass is 10.1. The maximum absolute atomic E-state index is 12.2. The van der Waals surface area contributed by atoms with Crippen LogP contribution in [0, 0.1) is 6.92 Å². The number of rotatable bonds is 5. The van der Waals surface area contributed by atoms with Gasteiger partial charge in [0.25, 0.3) is 0 Å². The Morgan fingerprint density at radius 3 is 2.62 bits per heavy atom. The summed E-state index contributed by atoms with van der Waals surface area (Å²) in [5.41, 5.74) is 2.21. The van der Waals surface area contributed by atoms with Crippen LogP contribution in [-0.4, -0.2) is 29.8 Å². The molecule has 0 bridgehead atoms. The monoisotopic (exact) mass is 286 g/mol. The lowest BCUT2D eigenvalue weighted by Crippen LogP contribution is -1.99. The number of methoxy groups -OCH3 is 2. The van der Waals surface area contributed by atoms with Crippen molar-refractivity contribution in [2.24, 2.45) is 7.05 Å². The van der Waals surface area contributed by atoms with Crippen molar-refractivity contribution in [2.75, 3.05) is 14.2 Å². The lowest BCUT2D eigenvalue weighted by Gasteiger charge is -2.09. The number of aryl methyl sites for hydroxylation is 1. The van der Waals surface area contributed by atoms with Crippen molar-refractivity contribution >= 4 is 11.9 Å². The Morgan fingerprint density at radius 1 is 1.29 bits per heavy atom. The molecule has 110 valence electrons. The van der Waals surface area contributed by atoms with E-state index in [4.69, 9.17) is 9.47 Å². The quantitative estimate of drug-likeness (QED) is 0.626. The Kier molecular flexibility index (Phi) is 4.42. The van der Waals surface area contributed by atoms with Crippen molar-refractivity contribution in [1.82, 2.24) is 9.78 Å². The Morgan fingerprint density at radius 2 is 2.05 bits per heavy atom. The first kappa shape index (κ1) is 14.8. The zero-order chi connectivity index (χ0) is 15.4. The van der Waals surface area contributed by atoms with E-state index in [-0.39, 0.29) is 5.78 Å². The SMILES string of the molecule is COc1cccc(/C=C/C(=O)c2cnn(C)c2C)c1OC. The minimum absolute atomic E-state index is 0.0922. The molecule has 0 fully saturated rings. The van der Waals surface area contributed by atoms with Crippen LogP contribution in [0.15, 0.2) is 30.5 Å². The highest BCUT2D eigenvalue weighted by molar-refractivity contribution is 6.07. The Balaban J connectivity index is 2.29. The number of benzene rings is 1. The van der Waals surface area contributed by atoms with Gasteiger partial charge in [-0.1, -0.05) is 12.1 Å². The van der Waals surface area contributed by atoms with Crippen molar-refractivity contribution in [2.45, 2.75) is 6.92 Å². The number of ether oxygens (including phenoxy) is 2. The van der Waals surface area contributed by atoms with Crippen LogP contribution in [0.1, 0.15) is 21.6 Å². The van der Waals surface area contributed by atoms with E-state index in [9.17, 15) is 4.79 Å². The highest BCUT2D eigenvalue weighted by Crippen LogP contribution is 2.31. The van der Waals surface area contributed by atoms with E-state index < -0.39 is 0 Å². The zero-order valence-electron chi connectivity index (χ0n) is 12.6. The number of allylic oxidation sites excluding steroid dienone is 1. The highest BCUT2D eigenvalue weighted by Gasteiger charge is 2.11. The van der Waals surface area contributed by atoms with Gasteiger partial charge in [0.1, 0.15) is 0 Å². The third-order valence-corrected chi connectivity index (χ3v) is 3.35. The number of nitrogens with zero attached hydrogens (tertiary/aromatic N) is 2. The van der Waals surface area contributed by atoms with Crippen molar-refractivity contribution in [3.05, 3.63) is 47.3 Å². The molecular formula is C16H18N2O3. The van der Waals surface area contributed by atoms with Gasteiger partial charge in [-0.05, 0) is 25.1 Å². The Labute approximate surface area is 123 Å². The molecule has 0 spiro atoms. The van der Waals surface area contributed by atoms with Crippen LogP contribution >= 0.6 is 0 Å². The largest absolute Gasteiger partial charge is 0.493 e. The van der Waals surface area contributed by atoms with Gasteiger partial charge < -0.3 is 9.47 Å². The summed E-state index contributed by atoms with van der Waals surface area (Å²) >= 11 is 0. The predicted octanol–water partition coefficient (Wildman–Crippen LogP) is 2.64. The second kappa shape index (κ2) is 6.26. The normalized spacial score (nSPS) is 10.9. The maximum Gasteiger partial charge on any atom is 0.189 e. The smallest absolute Gasteiger partial charge is 0.189 e. The minimum atomic E-state index is -0.0922. The van der Waals surface area contributed by atoms with E-state index in [1.807, 2.05) is 25.1 Å². The standard InChI is InChI=1S/C16H18N2O3/c1-11-13(10-17-18(11)2)14(19)9-8-12-6-5-7-15(20-3)16(12)21-4/h5-10H,1-4H3/b9-8+. The third kappa shape index (κ3) is 2.97. The van der Waals surface area contributed by atoms with Crippen molar-refractivity contribution in [3.63, 3.8) is 0 Å². The molecule has 0 N–H and O–H groups in total. The molecule has 5 heteroatoms. The molecule has 0 aliphatic carbocycles. The van der Waals surface area contributed by atoms with E-state index >= 15 is 0 Å². The van der Waals surface area contributed by atoms with E-state index in [1.165, 1.54) is 6.08 Å². The zero-order valence-corrected chi connectivity index (χ0v) is 12.6. The number of aromatic nitrogens is 2. The molecule has 0 aliphatic heterocycles. The van der Waals surface area contributed by atoms with Crippen molar-refractivity contribution in [3.8, 4) is 11.5 Å². The van der Waals surface area contributed by atoms with Gasteiger partial charge in [-0.25, -0.2) is 0 Å². The lowest BCUT2D eigenvalue weighted by molar-refractivity contribution is 0.104. The van der Waals surface area contributed by atoms with Crippen LogP contribution in [0.3, 0.4) is 0 Å². The summed E-state index contributed by atoms with van der Waals surface area (Å²) in [5.74, 6) is 1.14. The molecule has 21 heavy (non-hydrogen) atoms. The topological polar surface area (TPSA) is 53.3 Å². The summed E-state index contributed by atoms with van der Waals surface area (Å²) in [7, 11) is 4.96. The molecule has 5 nitrogen and oxygen atoms in total. The average molecular weight is 286 g/mol. The highest BCUT2D eigenvalue weighted by atomic mass is 16.5. The summed E-state index contributed by atoms with van der Waals surface area (Å²) < 4.78 is 12.2. The van der Waals surface area contributed by atoms with Gasteiger partial charge in [0.2, 0.25) is 0 Å². The molecule has 1 aromatic heterocycles. The molecule has 0 atom stereocenters. The second-order valence-electron chi connectivity index (χ2n) is 4.55. The summed E-state index contributed by atoms with van der Waals surface area (Å²) in [4.78, 5) is 12.2. The van der Waals surface area contributed by atoms with Crippen LogP contribution < -0.4 is 9.47 Å². The number of carbonyl (C=O) groups excluding carboxylic acids is 1. The predicted molar refractivity (Wildman–Crippen MR) is 80.9 cm³/mol. The second-order valence-corrected chi connectivity index (χ2v) is 4.55. The van der Waals surface area contributed by atoms with Crippen LogP contribution in [0.5, 0.6) is 11.5 Å². The van der Waals surface area contributed by atoms with Gasteiger partial charge in [0, 0.05) is 18.3 Å². The molecule has 2 aromatic rings. The molecule has 0 radical (unpaired) electrons. The van der Waals surface area contributed by atoms with Crippen LogP contribution in [0.2, 0.25) is 0 Å². The first-order valence-electron chi connectivity index (χ1n) is 6.50. The molecule has 0 unspecified atom stereocenters. The van der Waals surface area contributed by atoms with Crippen LogP contribution in [0.4, 0.5) is 0 Å². The fourth-order valence-corrected chi connectivity index (χ4v) is 2.04. The van der Waals surface area contributed by atoms with Crippen molar-refractivity contribution in [1.29, 1.82) is 0 Å². The molecule has 1 aromatic carbocycles. The van der Waals surface area contributed by atoms with Gasteiger partial charge in [-0.15, -0.1) is 0 Å². The number of para-hydroxylation sites is 1. The maximum atomic E-state index is 12.2. The van der Waals surface area contributed by atoms with Gasteiger partial charge >= 0.3 is 0 Å². The molecule has 2 rings (SSSR count). The summed E-state index contributed by atoms with van der Waals surface area (Å²) in [6.45, 7) is 1.86. The van der Waals surface area contributed by atoms with Gasteiger partial charge in [-0.3, -0.25) is 9.48 Å². The molecule has 0 saturated heterocycles. The van der Waals surface area contributed by atoms with Crippen LogP contribution in [-0.2, 0) is 7.05 Å². The number of carbonyl (C=O) groups is 1. The summed E-state index contributed by atoms with van der Waals surface area (Å²) in [6.07, 6.45) is 4.81. The van der Waals surface area contributed by atoms with Gasteiger partial charge in [0.05, 0.1) is 26.0 Å². The molecule has 0 amide bonds. The molecule has 0 aliphatic rings. The van der Waals surface area contributed by atoms with Crippen LogP contribution in [0.25, 0.3) is 6.08 Å². The van der Waals surface area contributed by atoms with E-state index in [0.717, 1.165) is 11.3 Å². The Bertz CT molecular complexity index is 687. The van der Waals surface area contributed by atoms with Gasteiger partial charge in [0.15, 0.2) is 17.3 Å².